The molecule has 8 nitrogen and oxygen atoms in total. The lowest BCUT2D eigenvalue weighted by atomic mass is 9.93. The van der Waals surface area contributed by atoms with Crippen molar-refractivity contribution in [3.05, 3.63) is 75.5 Å². The van der Waals surface area contributed by atoms with E-state index < -0.39 is 0 Å². The van der Waals surface area contributed by atoms with Gasteiger partial charge < -0.3 is 24.0 Å². The summed E-state index contributed by atoms with van der Waals surface area (Å²) < 4.78 is 16.2. The minimum atomic E-state index is -0.0900. The van der Waals surface area contributed by atoms with Crippen LogP contribution in [-0.2, 0) is 11.2 Å². The first-order valence-electron chi connectivity index (χ1n) is 12.9. The quantitative estimate of drug-likeness (QED) is 0.497. The number of carbonyl (C=O) groups excluding carboxylic acids is 2. The first-order chi connectivity index (χ1) is 18.5. The zero-order chi connectivity index (χ0) is 26.2. The maximum Gasteiger partial charge on any atom is 0.254 e. The second-order valence-corrected chi connectivity index (χ2v) is 11.0. The average molecular weight is 534 g/mol. The lowest BCUT2D eigenvalue weighted by Crippen LogP contribution is -2.57. The van der Waals surface area contributed by atoms with Gasteiger partial charge in [0.1, 0.15) is 5.75 Å². The number of nitrogens with zero attached hydrogens (tertiary/aromatic N) is 3. The van der Waals surface area contributed by atoms with Crippen LogP contribution in [0.25, 0.3) is 0 Å². The fraction of sp³-hybridized carbons (Fsp3) is 0.379. The Bertz CT molecular complexity index is 1340. The molecule has 2 amide bonds. The van der Waals surface area contributed by atoms with Crippen LogP contribution in [0.4, 0.5) is 0 Å². The second-order valence-electron chi connectivity index (χ2n) is 9.95. The van der Waals surface area contributed by atoms with Crippen molar-refractivity contribution in [3.8, 4) is 17.2 Å². The summed E-state index contributed by atoms with van der Waals surface area (Å²) in [5.74, 6) is 2.12. The molecule has 0 bridgehead atoms. The molecule has 6 rings (SSSR count). The van der Waals surface area contributed by atoms with E-state index >= 15 is 0 Å². The minimum Gasteiger partial charge on any atom is -0.497 e. The normalized spacial score (nSPS) is 20.8. The summed E-state index contributed by atoms with van der Waals surface area (Å²) in [5.41, 5.74) is 3.01. The van der Waals surface area contributed by atoms with E-state index in [4.69, 9.17) is 14.2 Å². The molecule has 0 aliphatic carbocycles. The van der Waals surface area contributed by atoms with Gasteiger partial charge in [0, 0.05) is 42.7 Å². The van der Waals surface area contributed by atoms with Crippen molar-refractivity contribution >= 4 is 23.2 Å². The Kier molecular flexibility index (Phi) is 6.71. The molecule has 9 heteroatoms. The Labute approximate surface area is 226 Å². The molecule has 198 valence electrons. The van der Waals surface area contributed by atoms with Crippen molar-refractivity contribution in [1.82, 2.24) is 14.7 Å². The highest BCUT2D eigenvalue weighted by molar-refractivity contribution is 7.10. The molecule has 2 atom stereocenters. The molecule has 0 spiro atoms. The van der Waals surface area contributed by atoms with Gasteiger partial charge in [-0.05, 0) is 66.2 Å². The minimum absolute atomic E-state index is 0.0335. The summed E-state index contributed by atoms with van der Waals surface area (Å²) >= 11 is 1.79. The van der Waals surface area contributed by atoms with Crippen molar-refractivity contribution in [2.24, 2.45) is 0 Å². The van der Waals surface area contributed by atoms with Crippen molar-refractivity contribution in [2.45, 2.75) is 25.4 Å². The Hall–Kier alpha value is -3.56. The van der Waals surface area contributed by atoms with Crippen molar-refractivity contribution in [2.75, 3.05) is 46.6 Å². The number of hydrogen-bond donors (Lipinski definition) is 0. The van der Waals surface area contributed by atoms with Gasteiger partial charge >= 0.3 is 0 Å². The predicted molar refractivity (Wildman–Crippen MR) is 144 cm³/mol. The van der Waals surface area contributed by atoms with Crippen molar-refractivity contribution in [1.29, 1.82) is 0 Å². The van der Waals surface area contributed by atoms with Crippen LogP contribution in [0.3, 0.4) is 0 Å². The molecule has 1 fully saturated rings. The fourth-order valence-corrected chi connectivity index (χ4v) is 6.57. The first-order valence-corrected chi connectivity index (χ1v) is 13.8. The van der Waals surface area contributed by atoms with Gasteiger partial charge in [-0.25, -0.2) is 0 Å². The Morgan fingerprint density at radius 1 is 1.03 bits per heavy atom. The van der Waals surface area contributed by atoms with E-state index in [-0.39, 0.29) is 30.7 Å². The van der Waals surface area contributed by atoms with Crippen molar-refractivity contribution in [3.63, 3.8) is 0 Å². The molecule has 38 heavy (non-hydrogen) atoms. The third kappa shape index (κ3) is 4.61. The lowest BCUT2D eigenvalue weighted by molar-refractivity contribution is -0.135. The summed E-state index contributed by atoms with van der Waals surface area (Å²) in [6.07, 6.45) is 0.946. The molecule has 3 aliphatic heterocycles. The second kappa shape index (κ2) is 10.3. The number of methoxy groups -OCH3 is 1. The predicted octanol–water partition coefficient (Wildman–Crippen LogP) is 3.81. The zero-order valence-corrected chi connectivity index (χ0v) is 22.4. The van der Waals surface area contributed by atoms with Crippen LogP contribution in [0.15, 0.2) is 53.9 Å². The summed E-state index contributed by atoms with van der Waals surface area (Å²) in [7, 11) is 1.67. The molecule has 1 saturated heterocycles. The summed E-state index contributed by atoms with van der Waals surface area (Å²) in [4.78, 5) is 34.2. The molecule has 4 heterocycles. The number of ether oxygens (including phenoxy) is 3. The molecule has 3 aliphatic rings. The topological polar surface area (TPSA) is 71.6 Å². The number of piperazine rings is 1. The van der Waals surface area contributed by atoms with Gasteiger partial charge in [-0.1, -0.05) is 12.1 Å². The third-order valence-electron chi connectivity index (χ3n) is 7.70. The van der Waals surface area contributed by atoms with Crippen LogP contribution in [0.2, 0.25) is 0 Å². The first kappa shape index (κ1) is 24.8. The van der Waals surface area contributed by atoms with Crippen LogP contribution in [-0.4, -0.2) is 79.2 Å². The van der Waals surface area contributed by atoms with E-state index in [2.05, 4.69) is 28.5 Å². The van der Waals surface area contributed by atoms with E-state index in [9.17, 15) is 9.59 Å². The Morgan fingerprint density at radius 3 is 2.63 bits per heavy atom. The van der Waals surface area contributed by atoms with Crippen LogP contribution in [0.1, 0.15) is 39.3 Å². The highest BCUT2D eigenvalue weighted by atomic mass is 32.1. The van der Waals surface area contributed by atoms with Crippen LogP contribution < -0.4 is 14.2 Å². The molecular weight excluding hydrogens is 502 g/mol. The lowest BCUT2D eigenvalue weighted by Gasteiger charge is -2.42. The van der Waals surface area contributed by atoms with Gasteiger partial charge in [0.05, 0.1) is 19.7 Å². The number of rotatable bonds is 5. The number of benzene rings is 2. The van der Waals surface area contributed by atoms with Gasteiger partial charge in [0.15, 0.2) is 11.5 Å². The SMILES string of the molecule is COc1ccc([C@@H]2c3ccsc3CCN2CC(=O)N2CCN(C(=O)c3ccc4c(c3)OCO4)[C@@H](C)C2)cc1. The van der Waals surface area contributed by atoms with E-state index in [0.29, 0.717) is 43.2 Å². The van der Waals surface area contributed by atoms with Crippen molar-refractivity contribution < 1.29 is 23.8 Å². The maximum absolute atomic E-state index is 13.5. The Balaban J connectivity index is 1.13. The highest BCUT2D eigenvalue weighted by Crippen LogP contribution is 2.38. The number of fused-ring (bicyclic) bond motifs is 2. The smallest absolute Gasteiger partial charge is 0.254 e. The maximum atomic E-state index is 13.5. The fourth-order valence-electron chi connectivity index (χ4n) is 5.67. The number of thiophene rings is 1. The van der Waals surface area contributed by atoms with Gasteiger partial charge in [-0.3, -0.25) is 14.5 Å². The van der Waals surface area contributed by atoms with E-state index in [1.807, 2.05) is 28.9 Å². The van der Waals surface area contributed by atoms with E-state index in [0.717, 1.165) is 24.3 Å². The van der Waals surface area contributed by atoms with Crippen LogP contribution in [0, 0.1) is 0 Å². The number of carbonyl (C=O) groups is 2. The van der Waals surface area contributed by atoms with Gasteiger partial charge in [0.2, 0.25) is 12.7 Å². The van der Waals surface area contributed by atoms with Gasteiger partial charge in [-0.15, -0.1) is 11.3 Å². The summed E-state index contributed by atoms with van der Waals surface area (Å²) in [5, 5.41) is 2.14. The number of amides is 2. The average Bonchev–Trinajstić information content (AvgIpc) is 3.62. The van der Waals surface area contributed by atoms with Gasteiger partial charge in [-0.2, -0.15) is 0 Å². The molecule has 0 radical (unpaired) electrons. The third-order valence-corrected chi connectivity index (χ3v) is 8.69. The van der Waals surface area contributed by atoms with Crippen LogP contribution >= 0.6 is 11.3 Å². The van der Waals surface area contributed by atoms with E-state index in [1.54, 1.807) is 36.6 Å². The highest BCUT2D eigenvalue weighted by Gasteiger charge is 2.35. The molecule has 2 aromatic carbocycles. The monoisotopic (exact) mass is 533 g/mol. The molecule has 1 aromatic heterocycles. The molecule has 0 saturated carbocycles. The molecular formula is C29H31N3O5S. The molecule has 0 N–H and O–H groups in total. The van der Waals surface area contributed by atoms with Crippen LogP contribution in [0.5, 0.6) is 17.2 Å². The zero-order valence-electron chi connectivity index (χ0n) is 21.6. The molecule has 3 aromatic rings. The largest absolute Gasteiger partial charge is 0.497 e. The Morgan fingerprint density at radius 2 is 1.84 bits per heavy atom. The summed E-state index contributed by atoms with van der Waals surface area (Å²) in [6, 6.07) is 15.6. The summed E-state index contributed by atoms with van der Waals surface area (Å²) in [6.45, 7) is 4.88. The van der Waals surface area contributed by atoms with E-state index in [1.165, 1.54) is 10.4 Å². The van der Waals surface area contributed by atoms with Gasteiger partial charge in [0.25, 0.3) is 5.91 Å². The number of hydrogen-bond acceptors (Lipinski definition) is 7. The molecule has 0 unspecified atom stereocenters. The standard InChI is InChI=1S/C29H31N3O5S/c1-19-16-30(12-13-32(19)29(34)21-5-8-24-25(15-21)37-18-36-24)27(33)17-31-11-9-26-23(10-14-38-26)28(31)20-3-6-22(35-2)7-4-20/h3-8,10,14-15,19,28H,9,11-13,16-18H2,1-2H3/t19-,28+/m0/s1.